The first-order valence-electron chi connectivity index (χ1n) is 13.5. The summed E-state index contributed by atoms with van der Waals surface area (Å²) < 4.78 is 27.0. The van der Waals surface area contributed by atoms with E-state index in [9.17, 15) is 23.5 Å². The minimum Gasteiger partial charge on any atom is -0.481 e. The highest BCUT2D eigenvalue weighted by Gasteiger charge is 2.28. The molecule has 2 aromatic carbocycles. The molecule has 8 heteroatoms. The fourth-order valence-electron chi connectivity index (χ4n) is 5.05. The lowest BCUT2D eigenvalue weighted by atomic mass is 9.91. The number of fused-ring (bicyclic) bond motifs is 1. The summed E-state index contributed by atoms with van der Waals surface area (Å²) in [5, 5.41) is 19.3. The van der Waals surface area contributed by atoms with E-state index >= 15 is 0 Å². The number of carboxylic acids is 1. The van der Waals surface area contributed by atoms with Gasteiger partial charge in [-0.1, -0.05) is 38.5 Å². The first-order chi connectivity index (χ1) is 18.8. The van der Waals surface area contributed by atoms with Crippen molar-refractivity contribution in [1.82, 2.24) is 16.0 Å². The van der Waals surface area contributed by atoms with Crippen molar-refractivity contribution in [2.24, 2.45) is 11.8 Å². The number of benzene rings is 2. The Labute approximate surface area is 227 Å². The van der Waals surface area contributed by atoms with Crippen molar-refractivity contribution in [3.63, 3.8) is 0 Å². The molecule has 0 radical (unpaired) electrons. The van der Waals surface area contributed by atoms with Gasteiger partial charge in [-0.25, -0.2) is 8.78 Å². The lowest BCUT2D eigenvalue weighted by Gasteiger charge is -2.32. The number of hydrogen-bond acceptors (Lipinski definition) is 4. The molecule has 3 unspecified atom stereocenters. The van der Waals surface area contributed by atoms with Gasteiger partial charge in [0.25, 0.3) is 0 Å². The highest BCUT2D eigenvalue weighted by atomic mass is 19.1. The Morgan fingerprint density at radius 1 is 0.974 bits per heavy atom. The zero-order valence-corrected chi connectivity index (χ0v) is 22.3. The summed E-state index contributed by atoms with van der Waals surface area (Å²) in [4.78, 5) is 24.5. The van der Waals surface area contributed by atoms with Crippen LogP contribution in [0, 0.1) is 23.5 Å². The van der Waals surface area contributed by atoms with E-state index in [4.69, 9.17) is 0 Å². The van der Waals surface area contributed by atoms with Crippen molar-refractivity contribution < 1.29 is 23.5 Å². The van der Waals surface area contributed by atoms with Gasteiger partial charge in [0, 0.05) is 12.1 Å². The second kappa shape index (κ2) is 12.7. The maximum atomic E-state index is 13.6. The van der Waals surface area contributed by atoms with Gasteiger partial charge >= 0.3 is 5.97 Å². The Hall–Kier alpha value is -3.94. The highest BCUT2D eigenvalue weighted by Crippen LogP contribution is 2.32. The second-order valence-corrected chi connectivity index (χ2v) is 10.1. The molecule has 1 aliphatic carbocycles. The quantitative estimate of drug-likeness (QED) is 0.277. The molecule has 2 aromatic rings. The Morgan fingerprint density at radius 2 is 1.64 bits per heavy atom. The molecule has 0 aromatic heterocycles. The van der Waals surface area contributed by atoms with Gasteiger partial charge in [0.2, 0.25) is 5.91 Å². The van der Waals surface area contributed by atoms with Crippen LogP contribution in [0.25, 0.3) is 5.70 Å². The van der Waals surface area contributed by atoms with E-state index in [0.29, 0.717) is 25.7 Å². The van der Waals surface area contributed by atoms with Crippen molar-refractivity contribution in [2.45, 2.75) is 58.4 Å². The number of carbonyl (C=O) groups excluding carboxylic acids is 1. The van der Waals surface area contributed by atoms with E-state index in [-0.39, 0.29) is 35.9 Å². The number of carboxylic acid groups (broad SMARTS) is 1. The lowest BCUT2D eigenvalue weighted by molar-refractivity contribution is -0.138. The van der Waals surface area contributed by atoms with Crippen molar-refractivity contribution in [3.8, 4) is 0 Å². The van der Waals surface area contributed by atoms with Crippen LogP contribution in [0.3, 0.4) is 0 Å². The number of hydrogen-bond donors (Lipinski definition) is 4. The summed E-state index contributed by atoms with van der Waals surface area (Å²) >= 11 is 0. The molecule has 1 heterocycles. The van der Waals surface area contributed by atoms with Gasteiger partial charge in [-0.3, -0.25) is 9.59 Å². The fourth-order valence-corrected chi connectivity index (χ4v) is 5.05. The molecule has 4 rings (SSSR count). The predicted octanol–water partition coefficient (Wildman–Crippen LogP) is 6.16. The average molecular weight is 536 g/mol. The second-order valence-electron chi connectivity index (χ2n) is 10.1. The van der Waals surface area contributed by atoms with Crippen LogP contribution in [0.1, 0.15) is 69.5 Å². The van der Waals surface area contributed by atoms with Crippen molar-refractivity contribution in [2.75, 3.05) is 0 Å². The van der Waals surface area contributed by atoms with E-state index in [0.717, 1.165) is 40.3 Å². The summed E-state index contributed by atoms with van der Waals surface area (Å²) in [5.41, 5.74) is 4.97. The molecule has 6 nitrogen and oxygen atoms in total. The van der Waals surface area contributed by atoms with Crippen LogP contribution in [0.4, 0.5) is 8.78 Å². The van der Waals surface area contributed by atoms with Crippen LogP contribution in [0.5, 0.6) is 0 Å². The fraction of sp³-hybridized carbons (Fsp3) is 0.355. The number of rotatable bonds is 11. The molecule has 1 aliphatic heterocycles. The predicted molar refractivity (Wildman–Crippen MR) is 147 cm³/mol. The summed E-state index contributed by atoms with van der Waals surface area (Å²) in [6.07, 6.45) is 7.18. The number of amides is 1. The normalized spacial score (nSPS) is 18.1. The number of carbonyl (C=O) groups is 2. The van der Waals surface area contributed by atoms with E-state index in [2.05, 4.69) is 16.0 Å². The number of nitrogens with one attached hydrogen (secondary N) is 3. The molecule has 0 fully saturated rings. The van der Waals surface area contributed by atoms with Crippen LogP contribution < -0.4 is 16.0 Å². The van der Waals surface area contributed by atoms with Gasteiger partial charge in [0.1, 0.15) is 11.6 Å². The van der Waals surface area contributed by atoms with Crippen LogP contribution in [-0.2, 0) is 9.59 Å². The van der Waals surface area contributed by atoms with E-state index in [1.807, 2.05) is 26.0 Å². The molecule has 0 bridgehead atoms. The topological polar surface area (TPSA) is 90.5 Å². The van der Waals surface area contributed by atoms with Crippen LogP contribution in [0.2, 0.25) is 0 Å². The zero-order valence-electron chi connectivity index (χ0n) is 22.3. The Balaban J connectivity index is 1.54. The minimum absolute atomic E-state index is 0.0273. The standard InChI is InChI=1S/C31H35F2N3O3/c1-3-19(17-29(37)38)5-15-27-30(21-8-13-24(33)14-9-21)35-26-16-10-22(18-28(26)34-27)31(39)36-25(4-2)20-6-11-23(32)12-7-20/h6-9,11-14,16,18-19,22,25,34-35H,3-5,10,15,17H2,1-2H3,(H,36,39)(H,37,38). The SMILES string of the molecule is CCC(CCC1=C(c2ccc(F)cc2)NC2=CCC(C(=O)NC(CC)c3ccc(F)cc3)C=C2N1)CC(=O)O. The van der Waals surface area contributed by atoms with E-state index in [1.165, 1.54) is 24.3 Å². The smallest absolute Gasteiger partial charge is 0.303 e. The largest absolute Gasteiger partial charge is 0.481 e. The first-order valence-corrected chi connectivity index (χ1v) is 13.5. The van der Waals surface area contributed by atoms with Gasteiger partial charge in [-0.2, -0.15) is 0 Å². The molecule has 4 N–H and O–H groups in total. The molecule has 0 spiro atoms. The zero-order chi connectivity index (χ0) is 27.9. The third kappa shape index (κ3) is 7.13. The number of halogens is 2. The third-order valence-electron chi connectivity index (χ3n) is 7.39. The van der Waals surface area contributed by atoms with Crippen LogP contribution in [-0.4, -0.2) is 17.0 Å². The summed E-state index contributed by atoms with van der Waals surface area (Å²) in [6, 6.07) is 12.2. The van der Waals surface area contributed by atoms with Gasteiger partial charge in [0.15, 0.2) is 0 Å². The number of aliphatic carboxylic acids is 1. The molecule has 0 saturated carbocycles. The molecular weight excluding hydrogens is 500 g/mol. The summed E-state index contributed by atoms with van der Waals surface area (Å²) in [6.45, 7) is 3.96. The van der Waals surface area contributed by atoms with Crippen molar-refractivity contribution >= 4 is 17.6 Å². The monoisotopic (exact) mass is 535 g/mol. The van der Waals surface area contributed by atoms with E-state index < -0.39 is 11.9 Å². The van der Waals surface area contributed by atoms with Gasteiger partial charge in [-0.05, 0) is 85.2 Å². The first kappa shape index (κ1) is 28.1. The molecular formula is C31H35F2N3O3. The Kier molecular flexibility index (Phi) is 9.17. The molecule has 1 amide bonds. The van der Waals surface area contributed by atoms with Gasteiger partial charge < -0.3 is 21.1 Å². The highest BCUT2D eigenvalue weighted by molar-refractivity contribution is 5.82. The maximum absolute atomic E-state index is 13.6. The molecule has 206 valence electrons. The Bertz CT molecular complexity index is 1280. The Morgan fingerprint density at radius 3 is 2.26 bits per heavy atom. The minimum atomic E-state index is -0.815. The van der Waals surface area contributed by atoms with Crippen LogP contribution >= 0.6 is 0 Å². The van der Waals surface area contributed by atoms with Gasteiger partial charge in [0.05, 0.1) is 29.1 Å². The molecule has 0 saturated heterocycles. The lowest BCUT2D eigenvalue weighted by Crippen LogP contribution is -2.37. The summed E-state index contributed by atoms with van der Waals surface area (Å²) in [7, 11) is 0. The van der Waals surface area contributed by atoms with Gasteiger partial charge in [-0.15, -0.1) is 0 Å². The van der Waals surface area contributed by atoms with Crippen molar-refractivity contribution in [3.05, 3.63) is 101 Å². The van der Waals surface area contributed by atoms with E-state index in [1.54, 1.807) is 24.3 Å². The molecule has 2 aliphatic rings. The van der Waals surface area contributed by atoms with Crippen molar-refractivity contribution in [1.29, 1.82) is 0 Å². The molecule has 3 atom stereocenters. The third-order valence-corrected chi connectivity index (χ3v) is 7.39. The summed E-state index contributed by atoms with van der Waals surface area (Å²) in [5.74, 6) is -1.93. The van der Waals surface area contributed by atoms with Crippen LogP contribution in [0.15, 0.2) is 77.8 Å². The average Bonchev–Trinajstić information content (AvgIpc) is 2.93. The number of allylic oxidation sites excluding steroid dienone is 2. The maximum Gasteiger partial charge on any atom is 0.303 e. The molecule has 39 heavy (non-hydrogen) atoms.